The van der Waals surface area contributed by atoms with Gasteiger partial charge in [-0.15, -0.1) is 0 Å². The minimum absolute atomic E-state index is 0.134. The van der Waals surface area contributed by atoms with Gasteiger partial charge < -0.3 is 30.5 Å². The van der Waals surface area contributed by atoms with Gasteiger partial charge >= 0.3 is 0 Å². The highest BCUT2D eigenvalue weighted by Gasteiger charge is 2.25. The van der Waals surface area contributed by atoms with Crippen LogP contribution >= 0.6 is 0 Å². The van der Waals surface area contributed by atoms with E-state index in [9.17, 15) is 14.9 Å². The zero-order valence-electron chi connectivity index (χ0n) is 25.2. The fourth-order valence-corrected chi connectivity index (χ4v) is 5.06. The molecule has 0 saturated carbocycles. The van der Waals surface area contributed by atoms with Crippen LogP contribution in [0.2, 0.25) is 0 Å². The maximum atomic E-state index is 13.5. The van der Waals surface area contributed by atoms with E-state index in [4.69, 9.17) is 10.5 Å². The first kappa shape index (κ1) is 30.2. The molecule has 0 radical (unpaired) electrons. The van der Waals surface area contributed by atoms with Crippen LogP contribution in [0.3, 0.4) is 0 Å². The van der Waals surface area contributed by atoms with Crippen LogP contribution < -0.4 is 20.7 Å². The Hall–Kier alpha value is -5.28. The van der Waals surface area contributed by atoms with E-state index in [0.717, 1.165) is 42.9 Å². The molecule has 1 atom stereocenters. The van der Waals surface area contributed by atoms with Gasteiger partial charge in [0.25, 0.3) is 5.91 Å². The first-order chi connectivity index (χ1) is 21.1. The number of amides is 2. The van der Waals surface area contributed by atoms with Crippen LogP contribution in [0.25, 0.3) is 10.9 Å². The van der Waals surface area contributed by atoms with Crippen LogP contribution in [0, 0.1) is 18.3 Å². The summed E-state index contributed by atoms with van der Waals surface area (Å²) in [4.78, 5) is 45.8. The zero-order chi connectivity index (χ0) is 31.4. The predicted molar refractivity (Wildman–Crippen MR) is 168 cm³/mol. The van der Waals surface area contributed by atoms with Gasteiger partial charge in [0.2, 0.25) is 17.7 Å². The Morgan fingerprint density at radius 1 is 1.07 bits per heavy atom. The van der Waals surface area contributed by atoms with Gasteiger partial charge in [0.1, 0.15) is 29.2 Å². The molecule has 1 aliphatic heterocycles. The molecule has 0 spiro atoms. The number of nitrogens with two attached hydrogens (primary N) is 1. The number of carbonyl (C=O) groups is 2. The van der Waals surface area contributed by atoms with Crippen molar-refractivity contribution in [1.29, 1.82) is 5.26 Å². The molecule has 44 heavy (non-hydrogen) atoms. The van der Waals surface area contributed by atoms with Crippen molar-refractivity contribution in [3.63, 3.8) is 0 Å². The number of aromatic nitrogens is 3. The number of nitrogens with one attached hydrogen (secondary N) is 1. The number of carbonyl (C=O) groups excluding carboxylic acids is 2. The summed E-state index contributed by atoms with van der Waals surface area (Å²) >= 11 is 0. The monoisotopic (exact) mass is 593 g/mol. The summed E-state index contributed by atoms with van der Waals surface area (Å²) in [5.74, 6) is 0.868. The average Bonchev–Trinajstić information content (AvgIpc) is 3.00. The minimum atomic E-state index is -0.855. The van der Waals surface area contributed by atoms with Crippen LogP contribution in [0.15, 0.2) is 54.6 Å². The van der Waals surface area contributed by atoms with E-state index in [1.807, 2.05) is 19.1 Å². The quantitative estimate of drug-likeness (QED) is 0.312. The number of nitrogens with zero attached hydrogens (tertiary/aromatic N) is 7. The van der Waals surface area contributed by atoms with Gasteiger partial charge in [-0.2, -0.15) is 10.2 Å². The van der Waals surface area contributed by atoms with Gasteiger partial charge in [0, 0.05) is 63.3 Å². The number of likely N-dealkylation sites (N-methyl/N-ethyl adjacent to an activating group) is 2. The molecule has 1 unspecified atom stereocenters. The summed E-state index contributed by atoms with van der Waals surface area (Å²) < 4.78 is 5.93. The number of piperazine rings is 1. The predicted octanol–water partition coefficient (Wildman–Crippen LogP) is 2.76. The number of rotatable bonds is 8. The molecule has 12 nitrogen and oxygen atoms in total. The summed E-state index contributed by atoms with van der Waals surface area (Å²) in [6.07, 6.45) is 0.211. The Morgan fingerprint density at radius 2 is 1.84 bits per heavy atom. The molecule has 1 fully saturated rings. The van der Waals surface area contributed by atoms with E-state index >= 15 is 0 Å². The Labute approximate surface area is 256 Å². The fraction of sp³-hybridized carbons (Fsp3) is 0.312. The van der Waals surface area contributed by atoms with E-state index in [-0.39, 0.29) is 24.2 Å². The van der Waals surface area contributed by atoms with Gasteiger partial charge in [-0.25, -0.2) is 9.97 Å². The number of aryl methyl sites for hydroxylation is 1. The highest BCUT2D eigenvalue weighted by atomic mass is 16.5. The lowest BCUT2D eigenvalue weighted by atomic mass is 10.0. The second-order valence-electron chi connectivity index (χ2n) is 11.1. The molecule has 2 amide bonds. The summed E-state index contributed by atoms with van der Waals surface area (Å²) in [5, 5.41) is 13.1. The van der Waals surface area contributed by atoms with Crippen molar-refractivity contribution in [2.75, 3.05) is 58.0 Å². The number of anilines is 2. The summed E-state index contributed by atoms with van der Waals surface area (Å²) in [7, 11) is 5.37. The first-order valence-corrected chi connectivity index (χ1v) is 14.3. The largest absolute Gasteiger partial charge is 0.438 e. The summed E-state index contributed by atoms with van der Waals surface area (Å²) in [6, 6.07) is 17.0. The maximum Gasteiger partial charge on any atom is 0.252 e. The molecule has 3 heterocycles. The fourth-order valence-electron chi connectivity index (χ4n) is 5.06. The number of nitrogen functional groups attached to an aromatic ring is 1. The van der Waals surface area contributed by atoms with Crippen molar-refractivity contribution in [2.45, 2.75) is 19.4 Å². The van der Waals surface area contributed by atoms with Crippen LogP contribution in [0.1, 0.15) is 27.2 Å². The Balaban J connectivity index is 1.37. The normalized spacial score (nSPS) is 14.1. The number of nitriles is 1. The number of fused-ring (bicyclic) bond motifs is 1. The van der Waals surface area contributed by atoms with Crippen molar-refractivity contribution >= 4 is 34.5 Å². The standard InChI is InChI=1S/C32H35N9O3/c1-20-8-9-23(19-33)30(35-20)44-24-7-5-6-21(16-24)17-27(31(43)39(2)3)36-29(42)22-10-11-25-26(18-22)37-32(34)38-28(25)41-14-12-40(4)13-15-41/h5-11,16,18,27H,12-15,17H2,1-4H3,(H,36,42)(H2,34,37,38). The highest BCUT2D eigenvalue weighted by Crippen LogP contribution is 2.27. The van der Waals surface area contributed by atoms with Crippen molar-refractivity contribution in [2.24, 2.45) is 0 Å². The van der Waals surface area contributed by atoms with Gasteiger partial charge in [-0.05, 0) is 62.0 Å². The molecule has 2 aromatic heterocycles. The molecule has 3 N–H and O–H groups in total. The Kier molecular flexibility index (Phi) is 8.87. The molecule has 0 aliphatic carbocycles. The molecule has 0 bridgehead atoms. The number of benzene rings is 2. The molecular weight excluding hydrogens is 558 g/mol. The van der Waals surface area contributed by atoms with Crippen LogP contribution in [-0.4, -0.2) is 89.9 Å². The minimum Gasteiger partial charge on any atom is -0.438 e. The summed E-state index contributed by atoms with van der Waals surface area (Å²) in [6.45, 7) is 5.25. The maximum absolute atomic E-state index is 13.5. The number of hydrogen-bond donors (Lipinski definition) is 2. The third-order valence-corrected chi connectivity index (χ3v) is 7.48. The van der Waals surface area contributed by atoms with Crippen molar-refractivity contribution in [3.8, 4) is 17.7 Å². The number of pyridine rings is 1. The third kappa shape index (κ3) is 6.85. The Morgan fingerprint density at radius 3 is 2.57 bits per heavy atom. The summed E-state index contributed by atoms with van der Waals surface area (Å²) in [5.41, 5.74) is 8.76. The van der Waals surface area contributed by atoms with Gasteiger partial charge in [0.05, 0.1) is 5.52 Å². The molecule has 4 aromatic rings. The molecule has 1 aliphatic rings. The van der Waals surface area contributed by atoms with Crippen molar-refractivity contribution in [1.82, 2.24) is 30.1 Å². The van der Waals surface area contributed by atoms with Crippen molar-refractivity contribution in [3.05, 3.63) is 77.0 Å². The van der Waals surface area contributed by atoms with Gasteiger partial charge in [-0.3, -0.25) is 9.59 Å². The lowest BCUT2D eigenvalue weighted by Crippen LogP contribution is -2.47. The highest BCUT2D eigenvalue weighted by molar-refractivity contribution is 6.02. The van der Waals surface area contributed by atoms with Crippen LogP contribution in [0.5, 0.6) is 11.6 Å². The smallest absolute Gasteiger partial charge is 0.252 e. The van der Waals surface area contributed by atoms with Crippen molar-refractivity contribution < 1.29 is 14.3 Å². The Bertz CT molecular complexity index is 1740. The van der Waals surface area contributed by atoms with Gasteiger partial charge in [-0.1, -0.05) is 12.1 Å². The lowest BCUT2D eigenvalue weighted by Gasteiger charge is -2.33. The first-order valence-electron chi connectivity index (χ1n) is 14.3. The second-order valence-corrected chi connectivity index (χ2v) is 11.1. The van der Waals surface area contributed by atoms with E-state index in [0.29, 0.717) is 28.1 Å². The SMILES string of the molecule is Cc1ccc(C#N)c(Oc2cccc(CC(NC(=O)c3ccc4c(N5CCN(C)CC5)nc(N)nc4c3)C(=O)N(C)C)c2)n1. The number of ether oxygens (including phenoxy) is 1. The van der Waals surface area contributed by atoms with Crippen LogP contribution in [-0.2, 0) is 11.2 Å². The molecular formula is C32H35N9O3. The molecule has 5 rings (SSSR count). The van der Waals surface area contributed by atoms with Crippen LogP contribution in [0.4, 0.5) is 11.8 Å². The number of hydrogen-bond acceptors (Lipinski definition) is 10. The van der Waals surface area contributed by atoms with E-state index in [2.05, 4.69) is 43.2 Å². The molecule has 1 saturated heterocycles. The lowest BCUT2D eigenvalue weighted by molar-refractivity contribution is -0.130. The van der Waals surface area contributed by atoms with E-state index < -0.39 is 11.9 Å². The second kappa shape index (κ2) is 12.9. The molecule has 12 heteroatoms. The topological polar surface area (TPSA) is 154 Å². The third-order valence-electron chi connectivity index (χ3n) is 7.48. The zero-order valence-corrected chi connectivity index (χ0v) is 25.2. The van der Waals surface area contributed by atoms with E-state index in [1.54, 1.807) is 56.6 Å². The van der Waals surface area contributed by atoms with E-state index in [1.165, 1.54) is 4.90 Å². The molecule has 2 aromatic carbocycles. The average molecular weight is 594 g/mol. The molecule has 226 valence electrons. The van der Waals surface area contributed by atoms with Gasteiger partial charge in [0.15, 0.2) is 0 Å².